The number of nitrogens with one attached hydrogen (secondary N) is 2. The number of nitrogens with zero attached hydrogens (tertiary/aromatic N) is 1. The van der Waals surface area contributed by atoms with Gasteiger partial charge >= 0.3 is 0 Å². The van der Waals surface area contributed by atoms with Crippen LogP contribution in [0.15, 0.2) is 84.9 Å². The number of carbonyl (C=O) groups is 3. The number of hydrogen-bond donors (Lipinski definition) is 2. The number of amides is 3. The van der Waals surface area contributed by atoms with Gasteiger partial charge in [-0.05, 0) is 48.9 Å². The Balaban J connectivity index is 1.50. The van der Waals surface area contributed by atoms with Crippen molar-refractivity contribution in [2.45, 2.75) is 13.0 Å². The van der Waals surface area contributed by atoms with Crippen molar-refractivity contribution in [1.82, 2.24) is 0 Å². The third-order valence-corrected chi connectivity index (χ3v) is 5.02. The molecule has 3 aromatic rings. The molecular formula is C26H23N3O4. The third kappa shape index (κ3) is 5.46. The highest BCUT2D eigenvalue weighted by atomic mass is 16.5. The molecule has 0 spiro atoms. The number of rotatable bonds is 6. The van der Waals surface area contributed by atoms with E-state index >= 15 is 0 Å². The lowest BCUT2D eigenvalue weighted by Gasteiger charge is -2.32. The maximum absolute atomic E-state index is 12.8. The summed E-state index contributed by atoms with van der Waals surface area (Å²) in [4.78, 5) is 39.1. The van der Waals surface area contributed by atoms with Gasteiger partial charge in [0.2, 0.25) is 11.8 Å². The highest BCUT2D eigenvalue weighted by molar-refractivity contribution is 6.07. The van der Waals surface area contributed by atoms with Gasteiger partial charge in [-0.1, -0.05) is 48.5 Å². The first kappa shape index (κ1) is 21.8. The van der Waals surface area contributed by atoms with Gasteiger partial charge in [0, 0.05) is 17.5 Å². The minimum absolute atomic E-state index is 0.181. The standard InChI is InChI=1S/C26H23N3O4/c1-18-26(32)29(17-25(31)27-20-10-6-3-7-11-20)22-16-21(13-14-23(22)33-18)28-24(30)15-12-19-8-4-2-5-9-19/h2-16,18H,17H2,1H3,(H,27,31)(H,28,30)/b15-12+. The number of hydrogen-bond acceptors (Lipinski definition) is 4. The normalized spacial score (nSPS) is 15.0. The summed E-state index contributed by atoms with van der Waals surface area (Å²) >= 11 is 0. The van der Waals surface area contributed by atoms with Gasteiger partial charge in [0.1, 0.15) is 12.3 Å². The SMILES string of the molecule is CC1Oc2ccc(NC(=O)/C=C/c3ccccc3)cc2N(CC(=O)Nc2ccccc2)C1=O. The molecule has 2 N–H and O–H groups in total. The van der Waals surface area contributed by atoms with Crippen molar-refractivity contribution in [3.05, 3.63) is 90.5 Å². The summed E-state index contributed by atoms with van der Waals surface area (Å²) in [5.41, 5.74) is 2.45. The molecular weight excluding hydrogens is 418 g/mol. The Morgan fingerprint density at radius 3 is 2.36 bits per heavy atom. The summed E-state index contributed by atoms with van der Waals surface area (Å²) in [5.74, 6) is -0.524. The molecule has 0 bridgehead atoms. The molecule has 0 radical (unpaired) electrons. The molecule has 4 rings (SSSR count). The fourth-order valence-electron chi connectivity index (χ4n) is 3.43. The van der Waals surface area contributed by atoms with Gasteiger partial charge in [-0.15, -0.1) is 0 Å². The van der Waals surface area contributed by atoms with Gasteiger partial charge in [-0.2, -0.15) is 0 Å². The average molecular weight is 441 g/mol. The van der Waals surface area contributed by atoms with E-state index < -0.39 is 6.10 Å². The van der Waals surface area contributed by atoms with E-state index in [1.165, 1.54) is 11.0 Å². The Hall–Kier alpha value is -4.39. The van der Waals surface area contributed by atoms with Crippen LogP contribution < -0.4 is 20.3 Å². The predicted octanol–water partition coefficient (Wildman–Crippen LogP) is 4.09. The summed E-state index contributed by atoms with van der Waals surface area (Å²) in [7, 11) is 0. The predicted molar refractivity (Wildman–Crippen MR) is 128 cm³/mol. The summed E-state index contributed by atoms with van der Waals surface area (Å²) in [6.07, 6.45) is 2.42. The molecule has 0 saturated carbocycles. The molecule has 0 aromatic heterocycles. The zero-order valence-electron chi connectivity index (χ0n) is 18.0. The van der Waals surface area contributed by atoms with Crippen molar-refractivity contribution in [1.29, 1.82) is 0 Å². The van der Waals surface area contributed by atoms with Crippen LogP contribution in [-0.2, 0) is 14.4 Å². The highest BCUT2D eigenvalue weighted by Crippen LogP contribution is 2.36. The molecule has 0 aliphatic carbocycles. The van der Waals surface area contributed by atoms with E-state index in [2.05, 4.69) is 10.6 Å². The number of para-hydroxylation sites is 1. The van der Waals surface area contributed by atoms with E-state index in [1.807, 2.05) is 48.5 Å². The zero-order chi connectivity index (χ0) is 23.2. The second kappa shape index (κ2) is 9.82. The fourth-order valence-corrected chi connectivity index (χ4v) is 3.43. The first-order valence-electron chi connectivity index (χ1n) is 10.5. The first-order chi connectivity index (χ1) is 16.0. The van der Waals surface area contributed by atoms with Gasteiger partial charge in [0.25, 0.3) is 5.91 Å². The smallest absolute Gasteiger partial charge is 0.268 e. The Bertz CT molecular complexity index is 1190. The number of benzene rings is 3. The Morgan fingerprint density at radius 1 is 0.939 bits per heavy atom. The van der Waals surface area contributed by atoms with E-state index in [0.717, 1.165) is 5.56 Å². The van der Waals surface area contributed by atoms with Crippen molar-refractivity contribution in [2.75, 3.05) is 22.1 Å². The number of anilines is 3. The summed E-state index contributed by atoms with van der Waals surface area (Å²) in [6.45, 7) is 1.46. The van der Waals surface area contributed by atoms with Crippen LogP contribution >= 0.6 is 0 Å². The van der Waals surface area contributed by atoms with Crippen molar-refractivity contribution in [3.8, 4) is 5.75 Å². The molecule has 166 valence electrons. The van der Waals surface area contributed by atoms with Crippen LogP contribution in [0.5, 0.6) is 5.75 Å². The molecule has 33 heavy (non-hydrogen) atoms. The first-order valence-corrected chi connectivity index (χ1v) is 10.5. The molecule has 7 nitrogen and oxygen atoms in total. The molecule has 1 aliphatic heterocycles. The molecule has 7 heteroatoms. The number of fused-ring (bicyclic) bond motifs is 1. The van der Waals surface area contributed by atoms with Crippen LogP contribution in [0.25, 0.3) is 6.08 Å². The topological polar surface area (TPSA) is 87.7 Å². The lowest BCUT2D eigenvalue weighted by Crippen LogP contribution is -2.47. The Morgan fingerprint density at radius 2 is 1.64 bits per heavy atom. The van der Waals surface area contributed by atoms with Crippen LogP contribution in [0.1, 0.15) is 12.5 Å². The maximum Gasteiger partial charge on any atom is 0.268 e. The van der Waals surface area contributed by atoms with E-state index in [4.69, 9.17) is 4.74 Å². The van der Waals surface area contributed by atoms with Gasteiger partial charge in [0.05, 0.1) is 5.69 Å². The summed E-state index contributed by atoms with van der Waals surface area (Å²) in [5, 5.41) is 5.56. The minimum atomic E-state index is -0.726. The molecule has 1 unspecified atom stereocenters. The van der Waals surface area contributed by atoms with Crippen molar-refractivity contribution < 1.29 is 19.1 Å². The van der Waals surface area contributed by atoms with Crippen LogP contribution in [0.2, 0.25) is 0 Å². The van der Waals surface area contributed by atoms with Gasteiger partial charge in [-0.3, -0.25) is 19.3 Å². The largest absolute Gasteiger partial charge is 0.479 e. The lowest BCUT2D eigenvalue weighted by molar-refractivity contribution is -0.127. The van der Waals surface area contributed by atoms with Crippen LogP contribution in [0.3, 0.4) is 0 Å². The van der Waals surface area contributed by atoms with Crippen LogP contribution in [0.4, 0.5) is 17.1 Å². The van der Waals surface area contributed by atoms with Crippen molar-refractivity contribution in [3.63, 3.8) is 0 Å². The van der Waals surface area contributed by atoms with Crippen molar-refractivity contribution >= 4 is 40.9 Å². The van der Waals surface area contributed by atoms with E-state index in [0.29, 0.717) is 22.8 Å². The molecule has 1 atom stereocenters. The lowest BCUT2D eigenvalue weighted by atomic mass is 10.1. The quantitative estimate of drug-likeness (QED) is 0.564. The zero-order valence-corrected chi connectivity index (χ0v) is 18.0. The molecule has 0 saturated heterocycles. The summed E-state index contributed by atoms with van der Waals surface area (Å²) < 4.78 is 5.69. The molecule has 1 aliphatic rings. The molecule has 1 heterocycles. The number of carbonyl (C=O) groups excluding carboxylic acids is 3. The maximum atomic E-state index is 12.8. The number of ether oxygens (including phenoxy) is 1. The van der Waals surface area contributed by atoms with E-state index in [1.54, 1.807) is 43.3 Å². The molecule has 3 amide bonds. The van der Waals surface area contributed by atoms with Crippen LogP contribution in [-0.4, -0.2) is 30.4 Å². The van der Waals surface area contributed by atoms with Crippen molar-refractivity contribution in [2.24, 2.45) is 0 Å². The molecule has 3 aromatic carbocycles. The second-order valence-electron chi connectivity index (χ2n) is 7.51. The Labute approximate surface area is 191 Å². The van der Waals surface area contributed by atoms with Gasteiger partial charge < -0.3 is 15.4 Å². The van der Waals surface area contributed by atoms with Gasteiger partial charge in [-0.25, -0.2) is 0 Å². The summed E-state index contributed by atoms with van der Waals surface area (Å²) in [6, 6.07) is 23.5. The fraction of sp³-hybridized carbons (Fsp3) is 0.115. The van der Waals surface area contributed by atoms with E-state index in [-0.39, 0.29) is 24.3 Å². The minimum Gasteiger partial charge on any atom is -0.479 e. The van der Waals surface area contributed by atoms with Crippen LogP contribution in [0, 0.1) is 0 Å². The highest BCUT2D eigenvalue weighted by Gasteiger charge is 2.33. The monoisotopic (exact) mass is 441 g/mol. The second-order valence-corrected chi connectivity index (χ2v) is 7.51. The third-order valence-electron chi connectivity index (χ3n) is 5.02. The van der Waals surface area contributed by atoms with E-state index in [9.17, 15) is 14.4 Å². The van der Waals surface area contributed by atoms with Gasteiger partial charge in [0.15, 0.2) is 6.10 Å². The average Bonchev–Trinajstić information content (AvgIpc) is 2.82. The molecule has 0 fully saturated rings. The Kier molecular flexibility index (Phi) is 6.50.